The van der Waals surface area contributed by atoms with Crippen LogP contribution in [0.3, 0.4) is 0 Å². The van der Waals surface area contributed by atoms with E-state index in [0.717, 1.165) is 4.88 Å². The molecule has 0 fully saturated rings. The van der Waals surface area contributed by atoms with Gasteiger partial charge in [-0.1, -0.05) is 12.1 Å². The zero-order valence-corrected chi connectivity index (χ0v) is 15.9. The van der Waals surface area contributed by atoms with Crippen LogP contribution in [0.25, 0.3) is 11.0 Å². The zero-order valence-electron chi connectivity index (χ0n) is 15.0. The fourth-order valence-corrected chi connectivity index (χ4v) is 3.51. The Kier molecular flexibility index (Phi) is 5.27. The molecule has 0 radical (unpaired) electrons. The molecule has 0 spiro atoms. The molecule has 1 amide bonds. The highest BCUT2D eigenvalue weighted by Crippen LogP contribution is 2.29. The molecule has 0 atom stereocenters. The molecule has 0 bridgehead atoms. The molecule has 140 valence electrons. The van der Waals surface area contributed by atoms with Gasteiger partial charge in [-0.05, 0) is 32.0 Å². The predicted octanol–water partition coefficient (Wildman–Crippen LogP) is 3.72. The van der Waals surface area contributed by atoms with Crippen LogP contribution in [0.4, 0.5) is 5.00 Å². The smallest absolute Gasteiger partial charge is 0.340 e. The van der Waals surface area contributed by atoms with Crippen LogP contribution >= 0.6 is 11.3 Å². The van der Waals surface area contributed by atoms with E-state index in [0.29, 0.717) is 28.3 Å². The Balaban J connectivity index is 1.99. The van der Waals surface area contributed by atoms with Crippen molar-refractivity contribution in [3.8, 4) is 5.75 Å². The molecular formula is C19H18N2O5S. The van der Waals surface area contributed by atoms with E-state index >= 15 is 0 Å². The lowest BCUT2D eigenvalue weighted by Crippen LogP contribution is -2.21. The van der Waals surface area contributed by atoms with Crippen molar-refractivity contribution in [3.63, 3.8) is 0 Å². The number of carbonyl (C=O) groups is 2. The van der Waals surface area contributed by atoms with Gasteiger partial charge in [0.05, 0.1) is 19.3 Å². The monoisotopic (exact) mass is 386 g/mol. The summed E-state index contributed by atoms with van der Waals surface area (Å²) in [6.07, 6.45) is 0. The summed E-state index contributed by atoms with van der Waals surface area (Å²) in [5, 5.41) is 11.8. The Morgan fingerprint density at radius 2 is 2.04 bits per heavy atom. The van der Waals surface area contributed by atoms with E-state index in [1.807, 2.05) is 13.8 Å². The summed E-state index contributed by atoms with van der Waals surface area (Å²) < 4.78 is 15.8. The fraction of sp³-hybridized carbons (Fsp3) is 0.211. The third kappa shape index (κ3) is 3.70. The SMILES string of the molecule is CCOc1cccc2cc(C(=O)Nc3sc(C)cc3C(=O)OC)c(=N)oc12. The number of esters is 1. The van der Waals surface area contributed by atoms with Crippen LogP contribution in [-0.2, 0) is 4.74 Å². The molecule has 0 aliphatic heterocycles. The number of hydrogen-bond acceptors (Lipinski definition) is 7. The lowest BCUT2D eigenvalue weighted by atomic mass is 10.1. The molecule has 0 aliphatic carbocycles. The molecule has 2 N–H and O–H groups in total. The van der Waals surface area contributed by atoms with E-state index in [-0.39, 0.29) is 16.7 Å². The minimum atomic E-state index is -0.542. The second kappa shape index (κ2) is 7.63. The number of aryl methyl sites for hydroxylation is 1. The first-order valence-corrected chi connectivity index (χ1v) is 9.00. The number of amides is 1. The molecule has 0 aliphatic rings. The number of rotatable bonds is 5. The van der Waals surface area contributed by atoms with Gasteiger partial charge in [-0.15, -0.1) is 11.3 Å². The van der Waals surface area contributed by atoms with Crippen molar-refractivity contribution >= 4 is 39.2 Å². The fourth-order valence-electron chi connectivity index (χ4n) is 2.61. The molecule has 0 unspecified atom stereocenters. The number of benzene rings is 1. The van der Waals surface area contributed by atoms with Gasteiger partial charge in [-0.2, -0.15) is 0 Å². The van der Waals surface area contributed by atoms with Crippen LogP contribution in [0.2, 0.25) is 0 Å². The van der Waals surface area contributed by atoms with Crippen LogP contribution in [0.1, 0.15) is 32.5 Å². The van der Waals surface area contributed by atoms with E-state index in [4.69, 9.17) is 19.3 Å². The van der Waals surface area contributed by atoms with Gasteiger partial charge in [-0.25, -0.2) is 4.79 Å². The average Bonchev–Trinajstić information content (AvgIpc) is 3.01. The summed E-state index contributed by atoms with van der Waals surface area (Å²) in [6, 6.07) is 8.51. The number of nitrogens with one attached hydrogen (secondary N) is 2. The van der Waals surface area contributed by atoms with Crippen molar-refractivity contribution in [3.05, 3.63) is 51.9 Å². The number of hydrogen-bond donors (Lipinski definition) is 2. The Hall–Kier alpha value is -3.13. The Morgan fingerprint density at radius 1 is 1.26 bits per heavy atom. The molecule has 3 aromatic rings. The number of thiophene rings is 1. The minimum Gasteiger partial charge on any atom is -0.490 e. The van der Waals surface area contributed by atoms with Crippen molar-refractivity contribution in [2.75, 3.05) is 19.0 Å². The number of carbonyl (C=O) groups excluding carboxylic acids is 2. The lowest BCUT2D eigenvalue weighted by Gasteiger charge is -2.09. The molecule has 1 aromatic carbocycles. The second-order valence-electron chi connectivity index (χ2n) is 5.64. The van der Waals surface area contributed by atoms with E-state index in [1.165, 1.54) is 18.4 Å². The first kappa shape index (κ1) is 18.7. The van der Waals surface area contributed by atoms with Gasteiger partial charge in [-0.3, -0.25) is 10.2 Å². The maximum absolute atomic E-state index is 12.7. The van der Waals surface area contributed by atoms with Gasteiger partial charge in [0.25, 0.3) is 5.91 Å². The largest absolute Gasteiger partial charge is 0.490 e. The molecule has 2 aromatic heterocycles. The standard InChI is InChI=1S/C19H18N2O5S/c1-4-25-14-7-5-6-11-9-12(16(20)26-15(11)14)17(22)21-18-13(19(23)24-3)8-10(2)27-18/h5-9,20H,4H2,1-3H3,(H,21,22). The van der Waals surface area contributed by atoms with Gasteiger partial charge < -0.3 is 19.2 Å². The molecule has 3 rings (SSSR count). The summed E-state index contributed by atoms with van der Waals surface area (Å²) in [6.45, 7) is 4.13. The Bertz CT molecular complexity index is 1080. The van der Waals surface area contributed by atoms with Crippen LogP contribution in [0.15, 0.2) is 34.7 Å². The minimum absolute atomic E-state index is 0.0537. The third-order valence-corrected chi connectivity index (χ3v) is 4.76. The molecule has 27 heavy (non-hydrogen) atoms. The van der Waals surface area contributed by atoms with E-state index < -0.39 is 11.9 Å². The summed E-state index contributed by atoms with van der Waals surface area (Å²) in [4.78, 5) is 25.4. The summed E-state index contributed by atoms with van der Waals surface area (Å²) in [5.74, 6) is -0.568. The first-order chi connectivity index (χ1) is 12.9. The highest BCUT2D eigenvalue weighted by molar-refractivity contribution is 7.16. The second-order valence-corrected chi connectivity index (χ2v) is 6.90. The molecule has 8 heteroatoms. The highest BCUT2D eigenvalue weighted by atomic mass is 32.1. The molecule has 2 heterocycles. The number of fused-ring (bicyclic) bond motifs is 1. The van der Waals surface area contributed by atoms with Crippen LogP contribution in [-0.4, -0.2) is 25.6 Å². The van der Waals surface area contributed by atoms with Crippen molar-refractivity contribution in [2.45, 2.75) is 13.8 Å². The number of anilines is 1. The molecule has 7 nitrogen and oxygen atoms in total. The predicted molar refractivity (Wildman–Crippen MR) is 102 cm³/mol. The van der Waals surface area contributed by atoms with Crippen molar-refractivity contribution in [2.24, 2.45) is 0 Å². The van der Waals surface area contributed by atoms with Gasteiger partial charge in [0, 0.05) is 10.3 Å². The van der Waals surface area contributed by atoms with Gasteiger partial charge >= 0.3 is 5.97 Å². The van der Waals surface area contributed by atoms with Crippen molar-refractivity contribution in [1.82, 2.24) is 0 Å². The van der Waals surface area contributed by atoms with E-state index in [2.05, 4.69) is 5.32 Å². The van der Waals surface area contributed by atoms with Gasteiger partial charge in [0.1, 0.15) is 10.6 Å². The third-order valence-electron chi connectivity index (χ3n) is 3.79. The van der Waals surface area contributed by atoms with Crippen LogP contribution < -0.4 is 15.6 Å². The summed E-state index contributed by atoms with van der Waals surface area (Å²) >= 11 is 1.25. The Labute approximate surface area is 159 Å². The maximum atomic E-state index is 12.7. The molecular weight excluding hydrogens is 368 g/mol. The summed E-state index contributed by atoms with van der Waals surface area (Å²) in [7, 11) is 1.28. The van der Waals surface area contributed by atoms with Crippen LogP contribution in [0, 0.1) is 12.3 Å². The average molecular weight is 386 g/mol. The normalized spacial score (nSPS) is 10.6. The van der Waals surface area contributed by atoms with Gasteiger partial charge in [0.2, 0.25) is 5.55 Å². The van der Waals surface area contributed by atoms with E-state index in [9.17, 15) is 9.59 Å². The van der Waals surface area contributed by atoms with Crippen molar-refractivity contribution < 1.29 is 23.5 Å². The lowest BCUT2D eigenvalue weighted by molar-refractivity contribution is 0.0602. The van der Waals surface area contributed by atoms with Crippen molar-refractivity contribution in [1.29, 1.82) is 5.41 Å². The topological polar surface area (TPSA) is 102 Å². The summed E-state index contributed by atoms with van der Waals surface area (Å²) in [5.41, 5.74) is 0.442. The highest BCUT2D eigenvalue weighted by Gasteiger charge is 2.20. The Morgan fingerprint density at radius 3 is 2.74 bits per heavy atom. The first-order valence-electron chi connectivity index (χ1n) is 8.19. The maximum Gasteiger partial charge on any atom is 0.340 e. The van der Waals surface area contributed by atoms with Gasteiger partial charge in [0.15, 0.2) is 11.3 Å². The number of ether oxygens (including phenoxy) is 2. The van der Waals surface area contributed by atoms with E-state index in [1.54, 1.807) is 30.3 Å². The number of para-hydroxylation sites is 1. The quantitative estimate of drug-likeness (QED) is 0.651. The number of methoxy groups -OCH3 is 1. The molecule has 0 saturated heterocycles. The zero-order chi connectivity index (χ0) is 19.6. The van der Waals surface area contributed by atoms with Crippen LogP contribution in [0.5, 0.6) is 5.75 Å². The molecule has 0 saturated carbocycles.